The van der Waals surface area contributed by atoms with E-state index in [0.717, 1.165) is 29.3 Å². The first kappa shape index (κ1) is 12.9. The van der Waals surface area contributed by atoms with Gasteiger partial charge in [-0.1, -0.05) is 52.3 Å². The SMILES string of the molecule is OC1(Cc2ccc(Br)cc2)CCCc2ccccc21. The number of benzene rings is 2. The maximum absolute atomic E-state index is 11.0. The molecule has 19 heavy (non-hydrogen) atoms. The molecular formula is C17H17BrO. The van der Waals surface area contributed by atoms with Gasteiger partial charge in [0.05, 0.1) is 5.60 Å². The van der Waals surface area contributed by atoms with Crippen molar-refractivity contribution in [2.24, 2.45) is 0 Å². The largest absolute Gasteiger partial charge is 0.385 e. The lowest BCUT2D eigenvalue weighted by molar-refractivity contribution is 0.0190. The zero-order chi connectivity index (χ0) is 13.3. The van der Waals surface area contributed by atoms with Crippen molar-refractivity contribution in [1.82, 2.24) is 0 Å². The molecule has 2 aromatic carbocycles. The standard InChI is InChI=1S/C17H17BrO/c18-15-9-7-13(8-10-15)12-17(19)11-3-5-14-4-1-2-6-16(14)17/h1-2,4,6-10,19H,3,5,11-12H2. The molecular weight excluding hydrogens is 300 g/mol. The Hall–Kier alpha value is -1.12. The average molecular weight is 317 g/mol. The zero-order valence-corrected chi connectivity index (χ0v) is 12.4. The minimum atomic E-state index is -0.706. The van der Waals surface area contributed by atoms with Crippen LogP contribution in [0.3, 0.4) is 0 Å². The second-order valence-corrected chi connectivity index (χ2v) is 6.26. The summed E-state index contributed by atoms with van der Waals surface area (Å²) in [6.07, 6.45) is 3.68. The summed E-state index contributed by atoms with van der Waals surface area (Å²) in [4.78, 5) is 0. The normalized spacial score (nSPS) is 22.0. The van der Waals surface area contributed by atoms with Gasteiger partial charge in [-0.25, -0.2) is 0 Å². The van der Waals surface area contributed by atoms with Crippen LogP contribution in [0.5, 0.6) is 0 Å². The Morgan fingerprint density at radius 3 is 2.58 bits per heavy atom. The number of fused-ring (bicyclic) bond motifs is 1. The highest BCUT2D eigenvalue weighted by molar-refractivity contribution is 9.10. The minimum Gasteiger partial charge on any atom is -0.385 e. The van der Waals surface area contributed by atoms with E-state index in [1.54, 1.807) is 0 Å². The molecule has 0 spiro atoms. The van der Waals surface area contributed by atoms with Gasteiger partial charge in [0.2, 0.25) is 0 Å². The van der Waals surface area contributed by atoms with Gasteiger partial charge in [-0.2, -0.15) is 0 Å². The van der Waals surface area contributed by atoms with Crippen LogP contribution >= 0.6 is 15.9 Å². The lowest BCUT2D eigenvalue weighted by Crippen LogP contribution is -2.32. The highest BCUT2D eigenvalue weighted by Crippen LogP contribution is 2.37. The van der Waals surface area contributed by atoms with Crippen molar-refractivity contribution in [2.75, 3.05) is 0 Å². The maximum atomic E-state index is 11.0. The Kier molecular flexibility index (Phi) is 3.46. The van der Waals surface area contributed by atoms with Gasteiger partial charge in [-0.3, -0.25) is 0 Å². The number of halogens is 1. The van der Waals surface area contributed by atoms with Gasteiger partial charge in [0.25, 0.3) is 0 Å². The fraction of sp³-hybridized carbons (Fsp3) is 0.294. The summed E-state index contributed by atoms with van der Waals surface area (Å²) in [7, 11) is 0. The highest BCUT2D eigenvalue weighted by atomic mass is 79.9. The number of aliphatic hydroxyl groups is 1. The van der Waals surface area contributed by atoms with Crippen LogP contribution in [0.1, 0.15) is 29.5 Å². The van der Waals surface area contributed by atoms with Gasteiger partial charge in [-0.15, -0.1) is 0 Å². The molecule has 0 fully saturated rings. The van der Waals surface area contributed by atoms with E-state index in [1.165, 1.54) is 11.1 Å². The van der Waals surface area contributed by atoms with Crippen LogP contribution in [-0.4, -0.2) is 5.11 Å². The molecule has 1 nitrogen and oxygen atoms in total. The first-order chi connectivity index (χ1) is 9.17. The van der Waals surface area contributed by atoms with Gasteiger partial charge in [0, 0.05) is 10.9 Å². The maximum Gasteiger partial charge on any atom is 0.0939 e. The van der Waals surface area contributed by atoms with Crippen molar-refractivity contribution in [1.29, 1.82) is 0 Å². The van der Waals surface area contributed by atoms with E-state index in [9.17, 15) is 5.11 Å². The first-order valence-electron chi connectivity index (χ1n) is 6.73. The van der Waals surface area contributed by atoms with E-state index in [-0.39, 0.29) is 0 Å². The van der Waals surface area contributed by atoms with Gasteiger partial charge in [-0.05, 0) is 48.1 Å². The molecule has 0 aromatic heterocycles. The molecule has 3 rings (SSSR count). The summed E-state index contributed by atoms with van der Waals surface area (Å²) < 4.78 is 1.08. The third kappa shape index (κ3) is 2.60. The third-order valence-corrected chi connectivity index (χ3v) is 4.49. The van der Waals surface area contributed by atoms with Crippen LogP contribution in [0.2, 0.25) is 0 Å². The molecule has 0 saturated carbocycles. The Bertz CT molecular complexity index is 576. The average Bonchev–Trinajstić information content (AvgIpc) is 2.42. The highest BCUT2D eigenvalue weighted by Gasteiger charge is 2.33. The molecule has 0 bridgehead atoms. The molecule has 0 heterocycles. The molecule has 0 radical (unpaired) electrons. The van der Waals surface area contributed by atoms with Gasteiger partial charge in [0.1, 0.15) is 0 Å². The second kappa shape index (κ2) is 5.10. The Balaban J connectivity index is 1.93. The molecule has 0 amide bonds. The monoisotopic (exact) mass is 316 g/mol. The summed E-state index contributed by atoms with van der Waals surface area (Å²) in [5.74, 6) is 0. The van der Waals surface area contributed by atoms with Crippen molar-refractivity contribution in [3.63, 3.8) is 0 Å². The number of hydrogen-bond donors (Lipinski definition) is 1. The summed E-state index contributed by atoms with van der Waals surface area (Å²) in [5.41, 5.74) is 2.89. The third-order valence-electron chi connectivity index (χ3n) is 3.97. The van der Waals surface area contributed by atoms with Crippen LogP contribution in [0, 0.1) is 0 Å². The summed E-state index contributed by atoms with van der Waals surface area (Å²) in [6, 6.07) is 16.5. The Morgan fingerprint density at radius 2 is 1.79 bits per heavy atom. The quantitative estimate of drug-likeness (QED) is 0.879. The van der Waals surface area contributed by atoms with Gasteiger partial charge >= 0.3 is 0 Å². The van der Waals surface area contributed by atoms with E-state index in [0.29, 0.717) is 6.42 Å². The predicted molar refractivity (Wildman–Crippen MR) is 81.1 cm³/mol. The van der Waals surface area contributed by atoms with Crippen molar-refractivity contribution in [2.45, 2.75) is 31.3 Å². The van der Waals surface area contributed by atoms with E-state index in [2.05, 4.69) is 46.3 Å². The summed E-state index contributed by atoms with van der Waals surface area (Å²) >= 11 is 3.45. The summed E-state index contributed by atoms with van der Waals surface area (Å²) in [6.45, 7) is 0. The van der Waals surface area contributed by atoms with Gasteiger partial charge < -0.3 is 5.11 Å². The first-order valence-corrected chi connectivity index (χ1v) is 7.52. The zero-order valence-electron chi connectivity index (χ0n) is 10.8. The molecule has 0 saturated heterocycles. The number of aryl methyl sites for hydroxylation is 1. The van der Waals surface area contributed by atoms with Crippen molar-refractivity contribution in [3.05, 3.63) is 69.7 Å². The van der Waals surface area contributed by atoms with Gasteiger partial charge in [0.15, 0.2) is 0 Å². The fourth-order valence-electron chi connectivity index (χ4n) is 3.02. The number of rotatable bonds is 2. The molecule has 1 unspecified atom stereocenters. The lowest BCUT2D eigenvalue weighted by Gasteiger charge is -2.34. The Morgan fingerprint density at radius 1 is 1.05 bits per heavy atom. The predicted octanol–water partition coefficient (Wildman–Crippen LogP) is 4.22. The molecule has 98 valence electrons. The minimum absolute atomic E-state index is 0.692. The number of hydrogen-bond acceptors (Lipinski definition) is 1. The second-order valence-electron chi connectivity index (χ2n) is 5.35. The smallest absolute Gasteiger partial charge is 0.0939 e. The molecule has 0 aliphatic heterocycles. The molecule has 1 aliphatic rings. The van der Waals surface area contributed by atoms with E-state index >= 15 is 0 Å². The molecule has 1 aliphatic carbocycles. The molecule has 1 atom stereocenters. The molecule has 1 N–H and O–H groups in total. The van der Waals surface area contributed by atoms with E-state index < -0.39 is 5.60 Å². The van der Waals surface area contributed by atoms with Crippen LogP contribution in [0.4, 0.5) is 0 Å². The fourth-order valence-corrected chi connectivity index (χ4v) is 3.29. The van der Waals surface area contributed by atoms with Crippen molar-refractivity contribution < 1.29 is 5.11 Å². The van der Waals surface area contributed by atoms with Crippen LogP contribution < -0.4 is 0 Å². The topological polar surface area (TPSA) is 20.2 Å². The van der Waals surface area contributed by atoms with Crippen LogP contribution in [0.25, 0.3) is 0 Å². The van der Waals surface area contributed by atoms with Crippen LogP contribution in [-0.2, 0) is 18.4 Å². The van der Waals surface area contributed by atoms with Crippen molar-refractivity contribution >= 4 is 15.9 Å². The summed E-state index contributed by atoms with van der Waals surface area (Å²) in [5, 5.41) is 11.0. The molecule has 2 aromatic rings. The Labute approximate surface area is 122 Å². The van der Waals surface area contributed by atoms with Crippen molar-refractivity contribution in [3.8, 4) is 0 Å². The van der Waals surface area contributed by atoms with E-state index in [4.69, 9.17) is 0 Å². The molecule has 2 heteroatoms. The van der Waals surface area contributed by atoms with Crippen LogP contribution in [0.15, 0.2) is 53.0 Å². The van der Waals surface area contributed by atoms with E-state index in [1.807, 2.05) is 18.2 Å². The lowest BCUT2D eigenvalue weighted by atomic mass is 9.76.